The quantitative estimate of drug-likeness (QED) is 0.857. The van der Waals surface area contributed by atoms with Gasteiger partial charge in [-0.25, -0.2) is 0 Å². The Morgan fingerprint density at radius 2 is 1.64 bits per heavy atom. The van der Waals surface area contributed by atoms with Gasteiger partial charge in [-0.3, -0.25) is 9.59 Å². The molecule has 3 rings (SSSR count). The van der Waals surface area contributed by atoms with Crippen LogP contribution < -0.4 is 11.1 Å². The first-order valence-corrected chi connectivity index (χ1v) is 8.66. The van der Waals surface area contributed by atoms with Crippen molar-refractivity contribution < 1.29 is 14.3 Å². The van der Waals surface area contributed by atoms with Crippen molar-refractivity contribution in [3.05, 3.63) is 29.8 Å². The molecule has 1 saturated heterocycles. The van der Waals surface area contributed by atoms with Crippen molar-refractivity contribution in [2.45, 2.75) is 37.6 Å². The highest BCUT2D eigenvalue weighted by molar-refractivity contribution is 5.99. The molecule has 7 heteroatoms. The molecule has 6 nitrogen and oxygen atoms in total. The molecule has 2 amide bonds. The van der Waals surface area contributed by atoms with Gasteiger partial charge in [0.25, 0.3) is 5.91 Å². The Labute approximate surface area is 154 Å². The van der Waals surface area contributed by atoms with E-state index >= 15 is 0 Å². The molecule has 2 aliphatic rings. The van der Waals surface area contributed by atoms with E-state index in [4.69, 9.17) is 10.5 Å². The monoisotopic (exact) mass is 367 g/mol. The number of carbonyl (C=O) groups excluding carboxylic acids is 2. The van der Waals surface area contributed by atoms with Crippen molar-refractivity contribution >= 4 is 29.9 Å². The fourth-order valence-corrected chi connectivity index (χ4v) is 3.31. The molecule has 0 radical (unpaired) electrons. The molecule has 1 aromatic carbocycles. The van der Waals surface area contributed by atoms with Crippen molar-refractivity contribution in [2.24, 2.45) is 5.73 Å². The maximum absolute atomic E-state index is 12.4. The van der Waals surface area contributed by atoms with Crippen LogP contribution in [-0.4, -0.2) is 48.6 Å². The average molecular weight is 368 g/mol. The molecule has 0 unspecified atom stereocenters. The zero-order valence-corrected chi connectivity index (χ0v) is 15.1. The zero-order valence-electron chi connectivity index (χ0n) is 14.3. The van der Waals surface area contributed by atoms with Crippen molar-refractivity contribution in [1.82, 2.24) is 4.90 Å². The van der Waals surface area contributed by atoms with Crippen molar-refractivity contribution in [1.29, 1.82) is 0 Å². The Hall–Kier alpha value is -1.63. The summed E-state index contributed by atoms with van der Waals surface area (Å²) in [5.41, 5.74) is 6.77. The topological polar surface area (TPSA) is 84.7 Å². The number of halogens is 1. The van der Waals surface area contributed by atoms with Crippen molar-refractivity contribution in [3.8, 4) is 0 Å². The summed E-state index contributed by atoms with van der Waals surface area (Å²) in [5, 5.41) is 2.89. The summed E-state index contributed by atoms with van der Waals surface area (Å²) in [7, 11) is 0. The smallest absolute Gasteiger partial charge is 0.254 e. The SMILES string of the molecule is Cl.NC1(C(=O)Nc2ccc(C(=O)N3CCOCC3)cc2)CCCCC1. The molecule has 2 fully saturated rings. The minimum absolute atomic E-state index is 0. The van der Waals surface area contributed by atoms with Crippen LogP contribution in [0.25, 0.3) is 0 Å². The summed E-state index contributed by atoms with van der Waals surface area (Å²) in [6, 6.07) is 7.02. The van der Waals surface area contributed by atoms with Gasteiger partial charge in [0.2, 0.25) is 5.91 Å². The second-order valence-electron chi connectivity index (χ2n) is 6.65. The predicted molar refractivity (Wildman–Crippen MR) is 99.0 cm³/mol. The van der Waals surface area contributed by atoms with Crippen molar-refractivity contribution in [2.75, 3.05) is 31.6 Å². The van der Waals surface area contributed by atoms with Crippen LogP contribution in [0.4, 0.5) is 5.69 Å². The fraction of sp³-hybridized carbons (Fsp3) is 0.556. The molecule has 1 saturated carbocycles. The Morgan fingerprint density at radius 1 is 1.04 bits per heavy atom. The second kappa shape index (κ2) is 8.65. The number of morpholine rings is 1. The summed E-state index contributed by atoms with van der Waals surface area (Å²) in [4.78, 5) is 26.6. The lowest BCUT2D eigenvalue weighted by Gasteiger charge is -2.31. The Kier molecular flexibility index (Phi) is 6.81. The number of hydrogen-bond acceptors (Lipinski definition) is 4. The first kappa shape index (κ1) is 19.7. The molecule has 1 aliphatic carbocycles. The third kappa shape index (κ3) is 4.71. The summed E-state index contributed by atoms with van der Waals surface area (Å²) < 4.78 is 5.26. The van der Waals surface area contributed by atoms with Crippen LogP contribution in [0.15, 0.2) is 24.3 Å². The lowest BCUT2D eigenvalue weighted by atomic mass is 9.82. The van der Waals surface area contributed by atoms with Gasteiger partial charge in [0, 0.05) is 24.3 Å². The summed E-state index contributed by atoms with van der Waals surface area (Å²) in [6.07, 6.45) is 4.59. The number of hydrogen-bond donors (Lipinski definition) is 2. The largest absolute Gasteiger partial charge is 0.378 e. The molecule has 1 aromatic rings. The number of ether oxygens (including phenoxy) is 1. The van der Waals surface area contributed by atoms with Crippen LogP contribution in [0.2, 0.25) is 0 Å². The highest BCUT2D eigenvalue weighted by Gasteiger charge is 2.35. The minimum atomic E-state index is -0.763. The second-order valence-corrected chi connectivity index (χ2v) is 6.65. The molecule has 138 valence electrons. The number of anilines is 1. The standard InChI is InChI=1S/C18H25N3O3.ClH/c19-18(8-2-1-3-9-18)17(23)20-15-6-4-14(5-7-15)16(22)21-10-12-24-13-11-21;/h4-7H,1-3,8-13,19H2,(H,20,23);1H. The minimum Gasteiger partial charge on any atom is -0.378 e. The van der Waals surface area contributed by atoms with E-state index in [1.54, 1.807) is 29.2 Å². The van der Waals surface area contributed by atoms with Gasteiger partial charge in [0.1, 0.15) is 0 Å². The molecular weight excluding hydrogens is 342 g/mol. The van der Waals surface area contributed by atoms with E-state index in [9.17, 15) is 9.59 Å². The van der Waals surface area contributed by atoms with Gasteiger partial charge in [-0.1, -0.05) is 19.3 Å². The number of nitrogens with two attached hydrogens (primary N) is 1. The van der Waals surface area contributed by atoms with Gasteiger partial charge in [0.05, 0.1) is 18.8 Å². The highest BCUT2D eigenvalue weighted by atomic mass is 35.5. The molecule has 0 aromatic heterocycles. The number of amides is 2. The predicted octanol–water partition coefficient (Wildman–Crippen LogP) is 2.18. The molecule has 25 heavy (non-hydrogen) atoms. The Balaban J connectivity index is 0.00000225. The lowest BCUT2D eigenvalue weighted by molar-refractivity contribution is -0.122. The van der Waals surface area contributed by atoms with Crippen LogP contribution in [0.1, 0.15) is 42.5 Å². The van der Waals surface area contributed by atoms with E-state index in [0.29, 0.717) is 37.6 Å². The van der Waals surface area contributed by atoms with Gasteiger partial charge in [-0.15, -0.1) is 12.4 Å². The van der Waals surface area contributed by atoms with Crippen LogP contribution in [0, 0.1) is 0 Å². The number of carbonyl (C=O) groups is 2. The highest BCUT2D eigenvalue weighted by Crippen LogP contribution is 2.27. The average Bonchev–Trinajstić information content (AvgIpc) is 2.63. The molecular formula is C18H26ClN3O3. The molecule has 0 bridgehead atoms. The Bertz CT molecular complexity index is 594. The van der Waals surface area contributed by atoms with Crippen LogP contribution in [-0.2, 0) is 9.53 Å². The zero-order chi connectivity index (χ0) is 17.0. The number of nitrogens with one attached hydrogen (secondary N) is 1. The molecule has 0 spiro atoms. The summed E-state index contributed by atoms with van der Waals surface area (Å²) in [5.74, 6) is -0.131. The van der Waals surface area contributed by atoms with E-state index in [0.717, 1.165) is 32.1 Å². The van der Waals surface area contributed by atoms with Gasteiger partial charge in [-0.2, -0.15) is 0 Å². The normalized spacial score (nSPS) is 19.6. The van der Waals surface area contributed by atoms with E-state index in [2.05, 4.69) is 5.32 Å². The van der Waals surface area contributed by atoms with Crippen LogP contribution >= 0.6 is 12.4 Å². The molecule has 3 N–H and O–H groups in total. The van der Waals surface area contributed by atoms with Crippen LogP contribution in [0.5, 0.6) is 0 Å². The number of benzene rings is 1. The van der Waals surface area contributed by atoms with E-state index < -0.39 is 5.54 Å². The lowest BCUT2D eigenvalue weighted by Crippen LogP contribution is -2.52. The van der Waals surface area contributed by atoms with Gasteiger partial charge >= 0.3 is 0 Å². The van der Waals surface area contributed by atoms with E-state index in [-0.39, 0.29) is 24.2 Å². The Morgan fingerprint density at radius 3 is 2.24 bits per heavy atom. The summed E-state index contributed by atoms with van der Waals surface area (Å²) >= 11 is 0. The van der Waals surface area contributed by atoms with Crippen molar-refractivity contribution in [3.63, 3.8) is 0 Å². The summed E-state index contributed by atoms with van der Waals surface area (Å²) in [6.45, 7) is 2.40. The van der Waals surface area contributed by atoms with Gasteiger partial charge in [-0.05, 0) is 37.1 Å². The third-order valence-corrected chi connectivity index (χ3v) is 4.89. The molecule has 1 heterocycles. The van der Waals surface area contributed by atoms with E-state index in [1.807, 2.05) is 0 Å². The first-order valence-electron chi connectivity index (χ1n) is 8.66. The van der Waals surface area contributed by atoms with Gasteiger partial charge in [0.15, 0.2) is 0 Å². The molecule has 1 aliphatic heterocycles. The molecule has 0 atom stereocenters. The van der Waals surface area contributed by atoms with Crippen LogP contribution in [0.3, 0.4) is 0 Å². The number of rotatable bonds is 3. The van der Waals surface area contributed by atoms with E-state index in [1.165, 1.54) is 0 Å². The third-order valence-electron chi connectivity index (χ3n) is 4.89. The first-order chi connectivity index (χ1) is 11.6. The fourth-order valence-electron chi connectivity index (χ4n) is 3.31. The van der Waals surface area contributed by atoms with Gasteiger partial charge < -0.3 is 20.7 Å². The number of nitrogens with zero attached hydrogens (tertiary/aromatic N) is 1. The maximum Gasteiger partial charge on any atom is 0.254 e. The maximum atomic E-state index is 12.4.